The quantitative estimate of drug-likeness (QED) is 0.581. The van der Waals surface area contributed by atoms with Crippen molar-refractivity contribution in [2.75, 3.05) is 0 Å². The Labute approximate surface area is 68.0 Å². The molecule has 0 amide bonds. The lowest BCUT2D eigenvalue weighted by molar-refractivity contribution is 0.0616. The maximum atomic E-state index is 12.2. The largest absolute Gasteiger partial charge is 0.241 e. The van der Waals surface area contributed by atoms with Gasteiger partial charge < -0.3 is 0 Å². The van der Waals surface area contributed by atoms with Gasteiger partial charge in [-0.2, -0.15) is 0 Å². The molecule has 0 heterocycles. The second-order valence-electron chi connectivity index (χ2n) is 3.25. The number of hydrogen-bond acceptors (Lipinski definition) is 0. The lowest BCUT2D eigenvalue weighted by Gasteiger charge is -2.17. The molecular weight excluding hydrogens is 146 g/mol. The average molecular weight is 164 g/mol. The first-order valence-electron chi connectivity index (χ1n) is 4.39. The van der Waals surface area contributed by atoms with Crippen LogP contribution < -0.4 is 0 Å². The normalized spacial score (nSPS) is 16.9. The molecule has 0 N–H and O–H groups in total. The van der Waals surface area contributed by atoms with Crippen LogP contribution >= 0.6 is 0 Å². The Bertz CT molecular complexity index is 91.6. The molecule has 0 aliphatic carbocycles. The zero-order chi connectivity index (χ0) is 8.85. The molecule has 0 rings (SSSR count). The fourth-order valence-electron chi connectivity index (χ4n) is 1.13. The number of halogens is 2. The van der Waals surface area contributed by atoms with Crippen LogP contribution in [0.4, 0.5) is 8.78 Å². The van der Waals surface area contributed by atoms with E-state index in [0.29, 0.717) is 18.8 Å². The van der Waals surface area contributed by atoms with Crippen LogP contribution in [-0.4, -0.2) is 6.43 Å². The van der Waals surface area contributed by atoms with E-state index in [2.05, 4.69) is 0 Å². The Morgan fingerprint density at radius 1 is 1.09 bits per heavy atom. The molecular formula is C9H18F2. The van der Waals surface area contributed by atoms with E-state index in [1.807, 2.05) is 20.8 Å². The van der Waals surface area contributed by atoms with E-state index < -0.39 is 6.43 Å². The van der Waals surface area contributed by atoms with Crippen molar-refractivity contribution in [3.63, 3.8) is 0 Å². The highest BCUT2D eigenvalue weighted by molar-refractivity contribution is 4.63. The molecule has 0 radical (unpaired) electrons. The van der Waals surface area contributed by atoms with Crippen LogP contribution in [0.25, 0.3) is 0 Å². The van der Waals surface area contributed by atoms with Gasteiger partial charge in [0, 0.05) is 5.92 Å². The molecule has 0 nitrogen and oxygen atoms in total. The van der Waals surface area contributed by atoms with Gasteiger partial charge in [0.05, 0.1) is 0 Å². The SMILES string of the molecule is CCC(C[C@H](C)CC)C(F)F. The van der Waals surface area contributed by atoms with Gasteiger partial charge in [0.15, 0.2) is 0 Å². The van der Waals surface area contributed by atoms with Gasteiger partial charge in [0.25, 0.3) is 0 Å². The molecule has 0 aliphatic rings. The van der Waals surface area contributed by atoms with Gasteiger partial charge in [0.1, 0.15) is 0 Å². The van der Waals surface area contributed by atoms with Crippen LogP contribution in [0.2, 0.25) is 0 Å². The van der Waals surface area contributed by atoms with E-state index >= 15 is 0 Å². The summed E-state index contributed by atoms with van der Waals surface area (Å²) in [6.07, 6.45) is 0.143. The van der Waals surface area contributed by atoms with Crippen LogP contribution in [0.1, 0.15) is 40.0 Å². The van der Waals surface area contributed by atoms with Crippen molar-refractivity contribution in [1.29, 1.82) is 0 Å². The topological polar surface area (TPSA) is 0 Å². The minimum Gasteiger partial charge on any atom is -0.210 e. The molecule has 1 unspecified atom stereocenters. The molecule has 0 aromatic heterocycles. The second kappa shape index (κ2) is 5.50. The summed E-state index contributed by atoms with van der Waals surface area (Å²) in [6, 6.07) is 0. The Hall–Kier alpha value is -0.140. The first-order valence-corrected chi connectivity index (χ1v) is 4.39. The third-order valence-corrected chi connectivity index (χ3v) is 2.28. The van der Waals surface area contributed by atoms with Crippen LogP contribution in [0.15, 0.2) is 0 Å². The molecule has 2 heteroatoms. The summed E-state index contributed by atoms with van der Waals surface area (Å²) >= 11 is 0. The van der Waals surface area contributed by atoms with E-state index in [0.717, 1.165) is 6.42 Å². The molecule has 0 aliphatic heterocycles. The zero-order valence-electron chi connectivity index (χ0n) is 7.61. The van der Waals surface area contributed by atoms with Crippen LogP contribution in [0.5, 0.6) is 0 Å². The van der Waals surface area contributed by atoms with Gasteiger partial charge in [-0.1, -0.05) is 27.2 Å². The molecule has 0 saturated carbocycles. The van der Waals surface area contributed by atoms with Gasteiger partial charge >= 0.3 is 0 Å². The molecule has 68 valence electrons. The molecule has 0 fully saturated rings. The third kappa shape index (κ3) is 4.33. The predicted octanol–water partition coefficient (Wildman–Crippen LogP) is 3.71. The van der Waals surface area contributed by atoms with Gasteiger partial charge in [-0.25, -0.2) is 8.78 Å². The fraction of sp³-hybridized carbons (Fsp3) is 1.00. The summed E-state index contributed by atoms with van der Waals surface area (Å²) in [5.41, 5.74) is 0. The Kier molecular flexibility index (Phi) is 5.43. The monoisotopic (exact) mass is 164 g/mol. The first kappa shape index (κ1) is 10.9. The van der Waals surface area contributed by atoms with E-state index in [-0.39, 0.29) is 5.92 Å². The van der Waals surface area contributed by atoms with Crippen LogP contribution in [0, 0.1) is 11.8 Å². The first-order chi connectivity index (χ1) is 5.11. The van der Waals surface area contributed by atoms with Crippen LogP contribution in [0.3, 0.4) is 0 Å². The van der Waals surface area contributed by atoms with E-state index in [1.54, 1.807) is 0 Å². The number of hydrogen-bond donors (Lipinski definition) is 0. The molecule has 0 saturated heterocycles. The third-order valence-electron chi connectivity index (χ3n) is 2.28. The van der Waals surface area contributed by atoms with Gasteiger partial charge in [0.2, 0.25) is 6.43 Å². The second-order valence-corrected chi connectivity index (χ2v) is 3.25. The zero-order valence-corrected chi connectivity index (χ0v) is 7.61. The van der Waals surface area contributed by atoms with Crippen molar-refractivity contribution >= 4 is 0 Å². The van der Waals surface area contributed by atoms with Crippen LogP contribution in [-0.2, 0) is 0 Å². The average Bonchev–Trinajstić information content (AvgIpc) is 1.99. The number of alkyl halides is 2. The van der Waals surface area contributed by atoms with Gasteiger partial charge in [-0.05, 0) is 18.8 Å². The minimum atomic E-state index is -2.13. The maximum Gasteiger partial charge on any atom is 0.241 e. The standard InChI is InChI=1S/C9H18F2/c1-4-7(3)6-8(5-2)9(10)11/h7-9H,4-6H2,1-3H3/t7-,8?/m1/s1. The van der Waals surface area contributed by atoms with Crippen molar-refractivity contribution in [2.24, 2.45) is 11.8 Å². The van der Waals surface area contributed by atoms with Crippen molar-refractivity contribution in [3.8, 4) is 0 Å². The van der Waals surface area contributed by atoms with Crippen molar-refractivity contribution < 1.29 is 8.78 Å². The summed E-state index contributed by atoms with van der Waals surface area (Å²) < 4.78 is 24.4. The Morgan fingerprint density at radius 3 is 1.91 bits per heavy atom. The highest BCUT2D eigenvalue weighted by Gasteiger charge is 2.19. The lowest BCUT2D eigenvalue weighted by Crippen LogP contribution is -2.13. The summed E-state index contributed by atoms with van der Waals surface area (Å²) in [5, 5.41) is 0. The maximum absolute atomic E-state index is 12.2. The van der Waals surface area contributed by atoms with Crippen molar-refractivity contribution in [1.82, 2.24) is 0 Å². The van der Waals surface area contributed by atoms with Crippen molar-refractivity contribution in [3.05, 3.63) is 0 Å². The summed E-state index contributed by atoms with van der Waals surface area (Å²) in [7, 11) is 0. The molecule has 0 bridgehead atoms. The van der Waals surface area contributed by atoms with Crippen molar-refractivity contribution in [2.45, 2.75) is 46.5 Å². The molecule has 0 spiro atoms. The smallest absolute Gasteiger partial charge is 0.210 e. The van der Waals surface area contributed by atoms with E-state index in [4.69, 9.17) is 0 Å². The van der Waals surface area contributed by atoms with E-state index in [1.165, 1.54) is 0 Å². The molecule has 11 heavy (non-hydrogen) atoms. The Balaban J connectivity index is 3.68. The number of rotatable bonds is 5. The fourth-order valence-corrected chi connectivity index (χ4v) is 1.13. The summed E-state index contributed by atoms with van der Waals surface area (Å²) in [4.78, 5) is 0. The Morgan fingerprint density at radius 2 is 1.64 bits per heavy atom. The predicted molar refractivity (Wildman–Crippen MR) is 43.9 cm³/mol. The highest BCUT2D eigenvalue weighted by Crippen LogP contribution is 2.23. The molecule has 0 aromatic rings. The van der Waals surface area contributed by atoms with E-state index in [9.17, 15) is 8.78 Å². The highest BCUT2D eigenvalue weighted by atomic mass is 19.3. The molecule has 0 aromatic carbocycles. The van der Waals surface area contributed by atoms with Gasteiger partial charge in [-0.3, -0.25) is 0 Å². The minimum absolute atomic E-state index is 0.384. The lowest BCUT2D eigenvalue weighted by atomic mass is 9.92. The summed E-state index contributed by atoms with van der Waals surface area (Å²) in [5.74, 6) is 0.0545. The van der Waals surface area contributed by atoms with Gasteiger partial charge in [-0.15, -0.1) is 0 Å². The summed E-state index contributed by atoms with van der Waals surface area (Å²) in [6.45, 7) is 5.91. The molecule has 2 atom stereocenters.